The molecule has 26 heavy (non-hydrogen) atoms. The van der Waals surface area contributed by atoms with Gasteiger partial charge in [0.05, 0.1) is 13.0 Å². The first-order valence-electron chi connectivity index (χ1n) is 8.49. The predicted octanol–water partition coefficient (Wildman–Crippen LogP) is 3.59. The smallest absolute Gasteiger partial charge is 0.322 e. The topological polar surface area (TPSA) is 58.6 Å². The molecule has 0 spiro atoms. The van der Waals surface area contributed by atoms with E-state index in [1.165, 1.54) is 19.2 Å². The molecular formula is C20H21FN2O3. The number of benzene rings is 2. The molecule has 1 heterocycles. The molecule has 0 radical (unpaired) electrons. The maximum absolute atomic E-state index is 13.0. The standard InChI is InChI=1S/C20H21FN2O3/c1-13-11-17(19(24)26-2)16-5-3-4-6-18(16)23(13)20(25)22-12-14-7-9-15(21)10-8-14/h3-10,13,17H,11-12H2,1-2H3,(H,22,25). The average molecular weight is 356 g/mol. The Morgan fingerprint density at radius 1 is 1.19 bits per heavy atom. The zero-order chi connectivity index (χ0) is 18.7. The second-order valence-electron chi connectivity index (χ2n) is 6.37. The van der Waals surface area contributed by atoms with Gasteiger partial charge in [-0.1, -0.05) is 30.3 Å². The van der Waals surface area contributed by atoms with Gasteiger partial charge in [0, 0.05) is 18.3 Å². The van der Waals surface area contributed by atoms with Crippen LogP contribution in [-0.4, -0.2) is 25.2 Å². The third-order valence-corrected chi connectivity index (χ3v) is 4.65. The van der Waals surface area contributed by atoms with Crippen LogP contribution in [0.25, 0.3) is 0 Å². The monoisotopic (exact) mass is 356 g/mol. The summed E-state index contributed by atoms with van der Waals surface area (Å²) in [5, 5.41) is 2.87. The third-order valence-electron chi connectivity index (χ3n) is 4.65. The number of carbonyl (C=O) groups excluding carboxylic acids is 2. The first kappa shape index (κ1) is 17.9. The molecule has 1 aliphatic rings. The molecule has 136 valence electrons. The summed E-state index contributed by atoms with van der Waals surface area (Å²) >= 11 is 0. The molecule has 0 aliphatic carbocycles. The number of nitrogens with one attached hydrogen (secondary N) is 1. The lowest BCUT2D eigenvalue weighted by molar-refractivity contribution is -0.142. The van der Waals surface area contributed by atoms with Gasteiger partial charge in [0.2, 0.25) is 0 Å². The number of fused-ring (bicyclic) bond motifs is 1. The van der Waals surface area contributed by atoms with E-state index >= 15 is 0 Å². The van der Waals surface area contributed by atoms with Gasteiger partial charge in [-0.2, -0.15) is 0 Å². The highest BCUT2D eigenvalue weighted by atomic mass is 19.1. The normalized spacial score (nSPS) is 18.8. The molecule has 0 saturated heterocycles. The number of carbonyl (C=O) groups is 2. The highest BCUT2D eigenvalue weighted by molar-refractivity contribution is 5.96. The Balaban J connectivity index is 1.80. The lowest BCUT2D eigenvalue weighted by Gasteiger charge is -2.38. The molecule has 0 bridgehead atoms. The van der Waals surface area contributed by atoms with Crippen LogP contribution in [0.3, 0.4) is 0 Å². The van der Waals surface area contributed by atoms with Gasteiger partial charge in [-0.15, -0.1) is 0 Å². The summed E-state index contributed by atoms with van der Waals surface area (Å²) in [6.07, 6.45) is 0.494. The number of methoxy groups -OCH3 is 1. The fourth-order valence-corrected chi connectivity index (χ4v) is 3.35. The zero-order valence-electron chi connectivity index (χ0n) is 14.7. The van der Waals surface area contributed by atoms with Crippen molar-refractivity contribution in [2.45, 2.75) is 31.8 Å². The number of anilines is 1. The summed E-state index contributed by atoms with van der Waals surface area (Å²) in [5.74, 6) is -0.990. The van der Waals surface area contributed by atoms with Crippen LogP contribution >= 0.6 is 0 Å². The van der Waals surface area contributed by atoms with Crippen LogP contribution < -0.4 is 10.2 Å². The fraction of sp³-hybridized carbons (Fsp3) is 0.300. The van der Waals surface area contributed by atoms with Crippen LogP contribution in [-0.2, 0) is 16.1 Å². The van der Waals surface area contributed by atoms with Crippen LogP contribution in [0, 0.1) is 5.82 Å². The summed E-state index contributed by atoms with van der Waals surface area (Å²) in [6.45, 7) is 2.20. The number of rotatable bonds is 3. The van der Waals surface area contributed by atoms with Crippen molar-refractivity contribution >= 4 is 17.7 Å². The van der Waals surface area contributed by atoms with Crippen LogP contribution in [0.2, 0.25) is 0 Å². The molecule has 2 aromatic rings. The highest BCUT2D eigenvalue weighted by Gasteiger charge is 2.37. The Morgan fingerprint density at radius 2 is 1.88 bits per heavy atom. The molecule has 5 nitrogen and oxygen atoms in total. The Morgan fingerprint density at radius 3 is 2.58 bits per heavy atom. The van der Waals surface area contributed by atoms with Gasteiger partial charge in [0.1, 0.15) is 5.82 Å². The molecule has 1 aliphatic heterocycles. The second kappa shape index (κ2) is 7.56. The number of amides is 2. The van der Waals surface area contributed by atoms with E-state index < -0.39 is 0 Å². The van der Waals surface area contributed by atoms with Crippen LogP contribution in [0.4, 0.5) is 14.9 Å². The molecule has 0 saturated carbocycles. The summed E-state index contributed by atoms with van der Waals surface area (Å²) < 4.78 is 17.9. The Labute approximate surface area is 151 Å². The second-order valence-corrected chi connectivity index (χ2v) is 6.37. The lowest BCUT2D eigenvalue weighted by atomic mass is 9.86. The van der Waals surface area contributed by atoms with E-state index in [2.05, 4.69) is 5.32 Å². The van der Waals surface area contributed by atoms with Crippen molar-refractivity contribution in [3.05, 3.63) is 65.5 Å². The SMILES string of the molecule is COC(=O)C1CC(C)N(C(=O)NCc2ccc(F)cc2)c2ccccc21. The number of hydrogen-bond acceptors (Lipinski definition) is 3. The third kappa shape index (κ3) is 3.54. The van der Waals surface area contributed by atoms with Crippen LogP contribution in [0.15, 0.2) is 48.5 Å². The Bertz CT molecular complexity index is 807. The molecule has 3 rings (SSSR count). The summed E-state index contributed by atoms with van der Waals surface area (Å²) in [7, 11) is 1.37. The van der Waals surface area contributed by atoms with E-state index in [0.717, 1.165) is 11.1 Å². The average Bonchev–Trinajstić information content (AvgIpc) is 2.66. The number of hydrogen-bond donors (Lipinski definition) is 1. The molecule has 6 heteroatoms. The van der Waals surface area contributed by atoms with Crippen molar-refractivity contribution < 1.29 is 18.7 Å². The van der Waals surface area contributed by atoms with Crippen molar-refractivity contribution in [3.63, 3.8) is 0 Å². The van der Waals surface area contributed by atoms with Crippen molar-refractivity contribution in [1.29, 1.82) is 0 Å². The summed E-state index contributed by atoms with van der Waals surface area (Å²) in [5.41, 5.74) is 2.30. The minimum atomic E-state index is -0.382. The van der Waals surface area contributed by atoms with Gasteiger partial charge in [-0.3, -0.25) is 9.69 Å². The first-order valence-corrected chi connectivity index (χ1v) is 8.49. The number of halogens is 1. The molecular weight excluding hydrogens is 335 g/mol. The Hall–Kier alpha value is -2.89. The first-order chi connectivity index (χ1) is 12.5. The molecule has 0 fully saturated rings. The number of urea groups is 1. The molecule has 2 atom stereocenters. The quantitative estimate of drug-likeness (QED) is 0.855. The number of para-hydroxylation sites is 1. The van der Waals surface area contributed by atoms with E-state index in [4.69, 9.17) is 4.74 Å². The number of ether oxygens (including phenoxy) is 1. The van der Waals surface area contributed by atoms with Gasteiger partial charge in [-0.25, -0.2) is 9.18 Å². The van der Waals surface area contributed by atoms with Crippen molar-refractivity contribution in [1.82, 2.24) is 5.32 Å². The van der Waals surface area contributed by atoms with E-state index in [1.807, 2.05) is 31.2 Å². The highest BCUT2D eigenvalue weighted by Crippen LogP contribution is 2.38. The molecule has 2 unspecified atom stereocenters. The molecule has 2 amide bonds. The van der Waals surface area contributed by atoms with E-state index in [-0.39, 0.29) is 29.8 Å². The van der Waals surface area contributed by atoms with Crippen molar-refractivity contribution in [2.24, 2.45) is 0 Å². The molecule has 1 N–H and O–H groups in total. The minimum Gasteiger partial charge on any atom is -0.469 e. The summed E-state index contributed by atoms with van der Waals surface area (Å²) in [6, 6.07) is 12.9. The van der Waals surface area contributed by atoms with E-state index in [9.17, 15) is 14.0 Å². The van der Waals surface area contributed by atoms with Gasteiger partial charge < -0.3 is 10.1 Å². The van der Waals surface area contributed by atoms with Crippen LogP contribution in [0.1, 0.15) is 30.4 Å². The minimum absolute atomic E-state index is 0.165. The lowest BCUT2D eigenvalue weighted by Crippen LogP contribution is -2.49. The Kier molecular flexibility index (Phi) is 5.21. The van der Waals surface area contributed by atoms with E-state index in [0.29, 0.717) is 18.7 Å². The van der Waals surface area contributed by atoms with Gasteiger partial charge >= 0.3 is 12.0 Å². The van der Waals surface area contributed by atoms with Crippen molar-refractivity contribution in [3.8, 4) is 0 Å². The van der Waals surface area contributed by atoms with Crippen LogP contribution in [0.5, 0.6) is 0 Å². The maximum atomic E-state index is 13.0. The zero-order valence-corrected chi connectivity index (χ0v) is 14.7. The number of esters is 1. The van der Waals surface area contributed by atoms with Gasteiger partial charge in [-0.05, 0) is 42.7 Å². The maximum Gasteiger partial charge on any atom is 0.322 e. The number of nitrogens with zero attached hydrogens (tertiary/aromatic N) is 1. The van der Waals surface area contributed by atoms with Crippen molar-refractivity contribution in [2.75, 3.05) is 12.0 Å². The van der Waals surface area contributed by atoms with Gasteiger partial charge in [0.25, 0.3) is 0 Å². The molecule has 2 aromatic carbocycles. The summed E-state index contributed by atoms with van der Waals surface area (Å²) in [4.78, 5) is 26.6. The molecule has 0 aromatic heterocycles. The predicted molar refractivity (Wildman–Crippen MR) is 96.4 cm³/mol. The van der Waals surface area contributed by atoms with E-state index in [1.54, 1.807) is 17.0 Å². The fourth-order valence-electron chi connectivity index (χ4n) is 3.35. The largest absolute Gasteiger partial charge is 0.469 e. The van der Waals surface area contributed by atoms with Gasteiger partial charge in [0.15, 0.2) is 0 Å².